The van der Waals surface area contributed by atoms with Crippen molar-refractivity contribution in [3.8, 4) is 5.75 Å². The van der Waals surface area contributed by atoms with Gasteiger partial charge in [0, 0.05) is 11.7 Å². The topological polar surface area (TPSA) is 47.6 Å². The lowest BCUT2D eigenvalue weighted by Gasteiger charge is -2.16. The molecule has 1 rings (SSSR count). The number of alkyl halides is 3. The molecule has 0 aliphatic rings. The molecule has 1 unspecified atom stereocenters. The zero-order valence-electron chi connectivity index (χ0n) is 10.8. The van der Waals surface area contributed by atoms with Gasteiger partial charge in [-0.15, -0.1) is 13.2 Å². The number of halogens is 4. The van der Waals surface area contributed by atoms with Crippen LogP contribution in [-0.2, 0) is 9.53 Å². The first kappa shape index (κ1) is 16.6. The fraction of sp³-hybridized carbons (Fsp3) is 0.417. The number of benzene rings is 1. The van der Waals surface area contributed by atoms with Crippen molar-refractivity contribution in [1.82, 2.24) is 0 Å². The monoisotopic (exact) mass is 355 g/mol. The van der Waals surface area contributed by atoms with E-state index in [4.69, 9.17) is 0 Å². The van der Waals surface area contributed by atoms with E-state index in [0.29, 0.717) is 5.69 Å². The Morgan fingerprint density at radius 3 is 2.60 bits per heavy atom. The molecule has 0 heterocycles. The Morgan fingerprint density at radius 1 is 1.45 bits per heavy atom. The van der Waals surface area contributed by atoms with Gasteiger partial charge in [0.1, 0.15) is 5.75 Å². The number of nitrogens with one attached hydrogen (secondary N) is 1. The number of methoxy groups -OCH3 is 1. The molecule has 0 saturated heterocycles. The van der Waals surface area contributed by atoms with E-state index in [2.05, 4.69) is 30.7 Å². The van der Waals surface area contributed by atoms with Crippen LogP contribution in [0, 0.1) is 0 Å². The average Bonchev–Trinajstić information content (AvgIpc) is 2.31. The van der Waals surface area contributed by atoms with E-state index in [9.17, 15) is 18.0 Å². The van der Waals surface area contributed by atoms with E-state index in [1.807, 2.05) is 0 Å². The lowest BCUT2D eigenvalue weighted by molar-refractivity contribution is -0.274. The molecule has 0 fully saturated rings. The summed E-state index contributed by atoms with van der Waals surface area (Å²) in [4.78, 5) is 11.1. The smallest absolute Gasteiger partial charge is 0.469 e. The summed E-state index contributed by atoms with van der Waals surface area (Å²) >= 11 is 3.00. The maximum Gasteiger partial charge on any atom is 0.573 e. The number of hydrogen-bond acceptors (Lipinski definition) is 4. The number of carbonyl (C=O) groups is 1. The van der Waals surface area contributed by atoms with E-state index in [0.717, 1.165) is 0 Å². The van der Waals surface area contributed by atoms with Crippen LogP contribution in [0.4, 0.5) is 18.9 Å². The first-order valence-electron chi connectivity index (χ1n) is 5.60. The van der Waals surface area contributed by atoms with Crippen LogP contribution in [0.15, 0.2) is 22.7 Å². The molecule has 20 heavy (non-hydrogen) atoms. The highest BCUT2D eigenvalue weighted by molar-refractivity contribution is 9.10. The molecule has 0 aliphatic heterocycles. The van der Waals surface area contributed by atoms with Gasteiger partial charge in [-0.25, -0.2) is 0 Å². The van der Waals surface area contributed by atoms with E-state index >= 15 is 0 Å². The van der Waals surface area contributed by atoms with Gasteiger partial charge < -0.3 is 14.8 Å². The molecule has 0 aliphatic carbocycles. The SMILES string of the molecule is COC(=O)CC(C)Nc1ccc(OC(F)(F)F)c(Br)c1. The second kappa shape index (κ2) is 6.83. The Labute approximate surface area is 122 Å². The van der Waals surface area contributed by atoms with Gasteiger partial charge in [-0.2, -0.15) is 0 Å². The zero-order chi connectivity index (χ0) is 15.3. The van der Waals surface area contributed by atoms with E-state index in [1.54, 1.807) is 6.92 Å². The number of hydrogen-bond donors (Lipinski definition) is 1. The van der Waals surface area contributed by atoms with Crippen molar-refractivity contribution in [2.75, 3.05) is 12.4 Å². The third-order valence-electron chi connectivity index (χ3n) is 2.27. The molecule has 4 nitrogen and oxygen atoms in total. The largest absolute Gasteiger partial charge is 0.573 e. The molecule has 0 saturated carbocycles. The minimum atomic E-state index is -4.74. The predicted molar refractivity (Wildman–Crippen MR) is 70.5 cm³/mol. The van der Waals surface area contributed by atoms with Crippen LogP contribution in [0.5, 0.6) is 5.75 Å². The molecule has 1 atom stereocenters. The molecule has 0 amide bonds. The van der Waals surface area contributed by atoms with Crippen molar-refractivity contribution in [3.63, 3.8) is 0 Å². The maximum atomic E-state index is 12.1. The molecule has 112 valence electrons. The second-order valence-corrected chi connectivity index (χ2v) is 4.87. The lowest BCUT2D eigenvalue weighted by atomic mass is 10.2. The Balaban J connectivity index is 2.70. The summed E-state index contributed by atoms with van der Waals surface area (Å²) in [5.74, 6) is -0.704. The lowest BCUT2D eigenvalue weighted by Crippen LogP contribution is -2.20. The normalized spacial score (nSPS) is 12.7. The van der Waals surface area contributed by atoms with Crippen LogP contribution >= 0.6 is 15.9 Å². The molecule has 0 spiro atoms. The Bertz CT molecular complexity index is 480. The second-order valence-electron chi connectivity index (χ2n) is 4.02. The standard InChI is InChI=1S/C12H13BrF3NO3/c1-7(5-11(18)19-2)17-8-3-4-10(9(13)6-8)20-12(14,15)16/h3-4,6-7,17H,5H2,1-2H3. The van der Waals surface area contributed by atoms with Gasteiger partial charge in [-0.1, -0.05) is 0 Å². The Morgan fingerprint density at radius 2 is 2.10 bits per heavy atom. The molecular weight excluding hydrogens is 343 g/mol. The predicted octanol–water partition coefficient (Wildman–Crippen LogP) is 3.71. The third kappa shape index (κ3) is 5.68. The Kier molecular flexibility index (Phi) is 5.67. The van der Waals surface area contributed by atoms with Crippen molar-refractivity contribution >= 4 is 27.6 Å². The van der Waals surface area contributed by atoms with Crippen LogP contribution in [-0.4, -0.2) is 25.5 Å². The summed E-state index contributed by atoms with van der Waals surface area (Å²) in [5, 5.41) is 2.97. The van der Waals surface area contributed by atoms with E-state index in [1.165, 1.54) is 25.3 Å². The highest BCUT2D eigenvalue weighted by Gasteiger charge is 2.31. The average molecular weight is 356 g/mol. The summed E-state index contributed by atoms with van der Waals surface area (Å²) in [6.07, 6.45) is -4.59. The first-order chi connectivity index (χ1) is 9.21. The van der Waals surface area contributed by atoms with Gasteiger partial charge in [0.2, 0.25) is 0 Å². The Hall–Kier alpha value is -1.44. The number of esters is 1. The number of anilines is 1. The van der Waals surface area contributed by atoms with Crippen LogP contribution in [0.3, 0.4) is 0 Å². The third-order valence-corrected chi connectivity index (χ3v) is 2.89. The molecule has 1 aromatic rings. The summed E-state index contributed by atoms with van der Waals surface area (Å²) in [6.45, 7) is 1.75. The zero-order valence-corrected chi connectivity index (χ0v) is 12.3. The van der Waals surface area contributed by atoms with Crippen LogP contribution in [0.2, 0.25) is 0 Å². The molecule has 8 heteroatoms. The van der Waals surface area contributed by atoms with Crippen molar-refractivity contribution in [1.29, 1.82) is 0 Å². The number of rotatable bonds is 5. The summed E-state index contributed by atoms with van der Waals surface area (Å²) in [6, 6.07) is 3.84. The van der Waals surface area contributed by atoms with Crippen molar-refractivity contribution in [2.45, 2.75) is 25.7 Å². The van der Waals surface area contributed by atoms with Gasteiger partial charge in [-0.3, -0.25) is 4.79 Å². The minimum Gasteiger partial charge on any atom is -0.469 e. The summed E-state index contributed by atoms with van der Waals surface area (Å²) in [7, 11) is 1.29. The van der Waals surface area contributed by atoms with Gasteiger partial charge in [0.05, 0.1) is 18.0 Å². The quantitative estimate of drug-likeness (QED) is 0.818. The number of carbonyl (C=O) groups excluding carboxylic acids is 1. The first-order valence-corrected chi connectivity index (χ1v) is 6.39. The molecule has 0 bridgehead atoms. The summed E-state index contributed by atoms with van der Waals surface area (Å²) < 4.78 is 44.8. The highest BCUT2D eigenvalue weighted by atomic mass is 79.9. The van der Waals surface area contributed by atoms with Crippen LogP contribution < -0.4 is 10.1 Å². The van der Waals surface area contributed by atoms with E-state index < -0.39 is 6.36 Å². The number of ether oxygens (including phenoxy) is 2. The molecule has 1 aromatic carbocycles. The fourth-order valence-electron chi connectivity index (χ4n) is 1.47. The van der Waals surface area contributed by atoms with Gasteiger partial charge in [0.15, 0.2) is 0 Å². The minimum absolute atomic E-state index is 0.148. The fourth-order valence-corrected chi connectivity index (χ4v) is 1.93. The maximum absolute atomic E-state index is 12.1. The molecular formula is C12H13BrF3NO3. The molecule has 0 radical (unpaired) electrons. The summed E-state index contributed by atoms with van der Waals surface area (Å²) in [5.41, 5.74) is 0.558. The van der Waals surface area contributed by atoms with Crippen molar-refractivity contribution < 1.29 is 27.4 Å². The van der Waals surface area contributed by atoms with Crippen molar-refractivity contribution in [3.05, 3.63) is 22.7 Å². The molecule has 1 N–H and O–H groups in total. The van der Waals surface area contributed by atoms with Gasteiger partial charge in [-0.05, 0) is 41.1 Å². The van der Waals surface area contributed by atoms with Crippen LogP contribution in [0.1, 0.15) is 13.3 Å². The van der Waals surface area contributed by atoms with Gasteiger partial charge in [0.25, 0.3) is 0 Å². The van der Waals surface area contributed by atoms with E-state index in [-0.39, 0.29) is 28.7 Å². The molecule has 0 aromatic heterocycles. The highest BCUT2D eigenvalue weighted by Crippen LogP contribution is 2.32. The van der Waals surface area contributed by atoms with Crippen molar-refractivity contribution in [2.24, 2.45) is 0 Å². The van der Waals surface area contributed by atoms with Crippen LogP contribution in [0.25, 0.3) is 0 Å². The van der Waals surface area contributed by atoms with Gasteiger partial charge >= 0.3 is 12.3 Å².